The molecular weight excluding hydrogens is 293 g/mol. The molecule has 0 aliphatic carbocycles. The summed E-state index contributed by atoms with van der Waals surface area (Å²) < 4.78 is 38.4. The van der Waals surface area contributed by atoms with Crippen molar-refractivity contribution in [1.29, 1.82) is 0 Å². The van der Waals surface area contributed by atoms with Gasteiger partial charge in [-0.05, 0) is 38.1 Å². The number of pyridine rings is 1. The molecule has 1 aromatic heterocycles. The maximum Gasteiger partial charge on any atom is 0.389 e. The van der Waals surface area contributed by atoms with Gasteiger partial charge in [0.2, 0.25) is 0 Å². The number of halogens is 4. The molecule has 0 spiro atoms. The number of aromatic nitrogens is 1. The lowest BCUT2D eigenvalue weighted by Gasteiger charge is -2.39. The second kappa shape index (κ2) is 5.87. The van der Waals surface area contributed by atoms with Crippen molar-refractivity contribution in [2.75, 3.05) is 13.1 Å². The van der Waals surface area contributed by atoms with Crippen molar-refractivity contribution >= 4 is 11.6 Å². The van der Waals surface area contributed by atoms with Crippen molar-refractivity contribution in [3.63, 3.8) is 0 Å². The summed E-state index contributed by atoms with van der Waals surface area (Å²) in [6.45, 7) is 0.997. The number of piperidine rings is 1. The van der Waals surface area contributed by atoms with E-state index in [-0.39, 0.29) is 18.5 Å². The van der Waals surface area contributed by atoms with Crippen molar-refractivity contribution in [1.82, 2.24) is 10.3 Å². The molecule has 1 fully saturated rings. The number of hydrogen-bond acceptors (Lipinski definition) is 3. The van der Waals surface area contributed by atoms with Gasteiger partial charge in [-0.3, -0.25) is 4.98 Å². The molecule has 1 atom stereocenters. The topological polar surface area (TPSA) is 45.2 Å². The van der Waals surface area contributed by atoms with Crippen molar-refractivity contribution in [2.24, 2.45) is 0 Å². The summed E-state index contributed by atoms with van der Waals surface area (Å²) in [4.78, 5) is 3.97. The number of hydrogen-bond donors (Lipinski definition) is 2. The van der Waals surface area contributed by atoms with Gasteiger partial charge < -0.3 is 10.4 Å². The Bertz CT molecular complexity index is 444. The Morgan fingerprint density at radius 2 is 2.00 bits per heavy atom. The summed E-state index contributed by atoms with van der Waals surface area (Å²) in [5, 5.41) is 14.0. The Kier molecular flexibility index (Phi) is 4.56. The van der Waals surface area contributed by atoms with E-state index in [1.54, 1.807) is 0 Å². The van der Waals surface area contributed by atoms with Gasteiger partial charge >= 0.3 is 6.18 Å². The zero-order valence-electron chi connectivity index (χ0n) is 10.8. The summed E-state index contributed by atoms with van der Waals surface area (Å²) in [5.74, 6) is -1.07. The predicted molar refractivity (Wildman–Crippen MR) is 69.7 cm³/mol. The third-order valence-electron chi connectivity index (χ3n) is 3.66. The molecule has 0 amide bonds. The molecule has 2 heterocycles. The number of alkyl halides is 3. The fraction of sp³-hybridized carbons (Fsp3) is 0.615. The maximum atomic E-state index is 12.8. The lowest BCUT2D eigenvalue weighted by Crippen LogP contribution is -2.47. The first-order valence-electron chi connectivity index (χ1n) is 6.41. The Hall–Kier alpha value is -0.850. The van der Waals surface area contributed by atoms with Crippen molar-refractivity contribution in [3.05, 3.63) is 29.0 Å². The van der Waals surface area contributed by atoms with Gasteiger partial charge in [0.1, 0.15) is 0 Å². The van der Waals surface area contributed by atoms with Gasteiger partial charge in [0.15, 0.2) is 0 Å². The van der Waals surface area contributed by atoms with Crippen LogP contribution in [0, 0.1) is 0 Å². The Balaban J connectivity index is 2.31. The zero-order chi connectivity index (χ0) is 14.8. The Morgan fingerprint density at radius 1 is 1.35 bits per heavy atom. The van der Waals surface area contributed by atoms with E-state index in [0.29, 0.717) is 18.1 Å². The van der Waals surface area contributed by atoms with E-state index in [2.05, 4.69) is 10.3 Å². The molecule has 1 aliphatic rings. The highest BCUT2D eigenvalue weighted by atomic mass is 35.5. The number of aliphatic hydroxyl groups is 1. The van der Waals surface area contributed by atoms with Gasteiger partial charge in [0.25, 0.3) is 0 Å². The van der Waals surface area contributed by atoms with Crippen LogP contribution in [0.1, 0.15) is 30.9 Å². The largest absolute Gasteiger partial charge is 0.389 e. The number of rotatable bonds is 3. The third kappa shape index (κ3) is 3.84. The number of nitrogens with one attached hydrogen (secondary N) is 1. The monoisotopic (exact) mass is 308 g/mol. The molecule has 0 saturated carbocycles. The van der Waals surface area contributed by atoms with Crippen molar-refractivity contribution < 1.29 is 18.3 Å². The lowest BCUT2D eigenvalue weighted by molar-refractivity contribution is -0.156. The summed E-state index contributed by atoms with van der Waals surface area (Å²) in [6.07, 6.45) is -3.58. The van der Waals surface area contributed by atoms with Crippen LogP contribution in [-0.4, -0.2) is 35.0 Å². The number of nitrogens with zero attached hydrogens (tertiary/aromatic N) is 1. The second-order valence-corrected chi connectivity index (χ2v) is 5.56. The van der Waals surface area contributed by atoms with Crippen LogP contribution < -0.4 is 5.32 Å². The molecule has 3 nitrogen and oxygen atoms in total. The molecule has 2 N–H and O–H groups in total. The van der Waals surface area contributed by atoms with E-state index in [1.165, 1.54) is 18.3 Å². The summed E-state index contributed by atoms with van der Waals surface area (Å²) in [6, 6.07) is 2.95. The summed E-state index contributed by atoms with van der Waals surface area (Å²) in [7, 11) is 0. The van der Waals surface area contributed by atoms with Gasteiger partial charge in [-0.1, -0.05) is 11.6 Å². The van der Waals surface area contributed by atoms with E-state index < -0.39 is 24.1 Å². The molecule has 1 aromatic rings. The van der Waals surface area contributed by atoms with Crippen LogP contribution in [-0.2, 0) is 0 Å². The second-order valence-electron chi connectivity index (χ2n) is 5.13. The van der Waals surface area contributed by atoms with Crippen LogP contribution in [0.5, 0.6) is 0 Å². The molecule has 1 saturated heterocycles. The van der Waals surface area contributed by atoms with Gasteiger partial charge in [-0.2, -0.15) is 13.2 Å². The Morgan fingerprint density at radius 3 is 2.50 bits per heavy atom. The first-order chi connectivity index (χ1) is 9.30. The van der Waals surface area contributed by atoms with Crippen LogP contribution in [0.3, 0.4) is 0 Å². The molecular formula is C13H16ClF3N2O. The standard InChI is InChI=1S/C13H16ClF3N2O/c14-9-1-2-11(19-8-9)10(7-13(15,16)17)12(20)3-5-18-6-4-12/h1-2,8,10,18,20H,3-7H2/t10-/m1/s1. The van der Waals surface area contributed by atoms with Crippen molar-refractivity contribution in [2.45, 2.75) is 37.0 Å². The van der Waals surface area contributed by atoms with Crippen LogP contribution in [0.2, 0.25) is 5.02 Å². The quantitative estimate of drug-likeness (QED) is 0.902. The van der Waals surface area contributed by atoms with Crippen molar-refractivity contribution in [3.8, 4) is 0 Å². The predicted octanol–water partition coefficient (Wildman–Crippen LogP) is 2.89. The van der Waals surface area contributed by atoms with Crippen LogP contribution in [0.4, 0.5) is 13.2 Å². The van der Waals surface area contributed by atoms with E-state index in [1.807, 2.05) is 0 Å². The summed E-state index contributed by atoms with van der Waals surface area (Å²) >= 11 is 5.71. The van der Waals surface area contributed by atoms with Crippen LogP contribution >= 0.6 is 11.6 Å². The minimum Gasteiger partial charge on any atom is -0.389 e. The lowest BCUT2D eigenvalue weighted by atomic mass is 9.76. The van der Waals surface area contributed by atoms with Crippen LogP contribution in [0.15, 0.2) is 18.3 Å². The fourth-order valence-corrected chi connectivity index (χ4v) is 2.71. The first-order valence-corrected chi connectivity index (χ1v) is 6.79. The molecule has 0 radical (unpaired) electrons. The highest BCUT2D eigenvalue weighted by molar-refractivity contribution is 6.30. The smallest absolute Gasteiger partial charge is 0.389 e. The van der Waals surface area contributed by atoms with E-state index in [0.717, 1.165) is 0 Å². The highest BCUT2D eigenvalue weighted by Gasteiger charge is 2.45. The van der Waals surface area contributed by atoms with E-state index >= 15 is 0 Å². The minimum absolute atomic E-state index is 0.233. The molecule has 112 valence electrons. The molecule has 1 aliphatic heterocycles. The maximum absolute atomic E-state index is 12.8. The SMILES string of the molecule is OC1([C@H](CC(F)(F)F)c2ccc(Cl)cn2)CCNCC1. The molecule has 7 heteroatoms. The van der Waals surface area contributed by atoms with Gasteiger partial charge in [-0.25, -0.2) is 0 Å². The van der Waals surface area contributed by atoms with E-state index in [4.69, 9.17) is 11.6 Å². The molecule has 0 aromatic carbocycles. The van der Waals surface area contributed by atoms with Gasteiger partial charge in [0.05, 0.1) is 17.0 Å². The highest BCUT2D eigenvalue weighted by Crippen LogP contribution is 2.41. The summed E-state index contributed by atoms with van der Waals surface area (Å²) in [5.41, 5.74) is -1.15. The average Bonchev–Trinajstić information content (AvgIpc) is 2.37. The van der Waals surface area contributed by atoms with Crippen LogP contribution in [0.25, 0.3) is 0 Å². The van der Waals surface area contributed by atoms with Gasteiger partial charge in [-0.15, -0.1) is 0 Å². The average molecular weight is 309 g/mol. The molecule has 2 rings (SSSR count). The molecule has 0 bridgehead atoms. The minimum atomic E-state index is -4.35. The zero-order valence-corrected chi connectivity index (χ0v) is 11.5. The molecule has 0 unspecified atom stereocenters. The first kappa shape index (κ1) is 15.5. The van der Waals surface area contributed by atoms with Gasteiger partial charge in [0, 0.05) is 17.8 Å². The fourth-order valence-electron chi connectivity index (χ4n) is 2.60. The van der Waals surface area contributed by atoms with E-state index in [9.17, 15) is 18.3 Å². The third-order valence-corrected chi connectivity index (χ3v) is 3.88. The normalized spacial score (nSPS) is 20.6. The molecule has 20 heavy (non-hydrogen) atoms. The Labute approximate surface area is 120 Å².